The number of pyridine rings is 1. The Kier molecular flexibility index (Phi) is 3.54. The SMILES string of the molecule is COC(=O)C1(C(=O)OC)Cc2c(C)nc(C)c(C)c2C1. The van der Waals surface area contributed by atoms with E-state index in [-0.39, 0.29) is 0 Å². The van der Waals surface area contributed by atoms with Gasteiger partial charge in [-0.3, -0.25) is 14.6 Å². The molecule has 108 valence electrons. The highest BCUT2D eigenvalue weighted by Crippen LogP contribution is 2.42. The number of aromatic nitrogens is 1. The molecule has 0 unspecified atom stereocenters. The Labute approximate surface area is 118 Å². The van der Waals surface area contributed by atoms with Crippen molar-refractivity contribution in [2.24, 2.45) is 5.41 Å². The molecule has 1 aromatic heterocycles. The zero-order chi connectivity index (χ0) is 15.1. The summed E-state index contributed by atoms with van der Waals surface area (Å²) in [7, 11) is 2.58. The fourth-order valence-corrected chi connectivity index (χ4v) is 2.97. The van der Waals surface area contributed by atoms with E-state index in [1.54, 1.807) is 0 Å². The van der Waals surface area contributed by atoms with Crippen molar-refractivity contribution in [2.75, 3.05) is 14.2 Å². The maximum Gasteiger partial charge on any atom is 0.323 e. The van der Waals surface area contributed by atoms with Crippen LogP contribution in [0.4, 0.5) is 0 Å². The van der Waals surface area contributed by atoms with Crippen LogP contribution in [0.15, 0.2) is 0 Å². The van der Waals surface area contributed by atoms with Crippen molar-refractivity contribution < 1.29 is 19.1 Å². The quantitative estimate of drug-likeness (QED) is 0.604. The van der Waals surface area contributed by atoms with E-state index in [4.69, 9.17) is 9.47 Å². The van der Waals surface area contributed by atoms with Crippen LogP contribution in [-0.4, -0.2) is 31.1 Å². The van der Waals surface area contributed by atoms with Gasteiger partial charge in [-0.05, 0) is 37.5 Å². The van der Waals surface area contributed by atoms with Crippen LogP contribution in [0.1, 0.15) is 28.1 Å². The van der Waals surface area contributed by atoms with Gasteiger partial charge >= 0.3 is 11.9 Å². The Bertz CT molecular complexity index is 576. The van der Waals surface area contributed by atoms with E-state index in [0.717, 1.165) is 28.1 Å². The maximum absolute atomic E-state index is 12.2. The molecule has 2 rings (SSSR count). The van der Waals surface area contributed by atoms with Crippen LogP contribution < -0.4 is 0 Å². The van der Waals surface area contributed by atoms with E-state index >= 15 is 0 Å². The average Bonchev–Trinajstić information content (AvgIpc) is 2.85. The van der Waals surface area contributed by atoms with Gasteiger partial charge in [-0.2, -0.15) is 0 Å². The van der Waals surface area contributed by atoms with Gasteiger partial charge < -0.3 is 9.47 Å². The minimum absolute atomic E-state index is 0.293. The summed E-state index contributed by atoms with van der Waals surface area (Å²) in [6.07, 6.45) is 0.610. The predicted octanol–water partition coefficient (Wildman–Crippen LogP) is 1.44. The summed E-state index contributed by atoms with van der Waals surface area (Å²) in [6.45, 7) is 5.79. The molecule has 1 aliphatic carbocycles. The van der Waals surface area contributed by atoms with Crippen molar-refractivity contribution in [1.29, 1.82) is 0 Å². The summed E-state index contributed by atoms with van der Waals surface area (Å²) in [5.41, 5.74) is 3.52. The standard InChI is InChI=1S/C15H19NO4/c1-8-9(2)16-10(3)12-7-15(6-11(8)12,13(17)19-4)14(18)20-5/h6-7H2,1-5H3. The predicted molar refractivity (Wildman–Crippen MR) is 72.3 cm³/mol. The lowest BCUT2D eigenvalue weighted by atomic mass is 9.84. The second-order valence-corrected chi connectivity index (χ2v) is 5.28. The Balaban J connectivity index is 2.59. The molecule has 1 heterocycles. The number of hydrogen-bond donors (Lipinski definition) is 0. The van der Waals surface area contributed by atoms with Crippen LogP contribution in [0, 0.1) is 26.2 Å². The van der Waals surface area contributed by atoms with Crippen LogP contribution in [0.3, 0.4) is 0 Å². The van der Waals surface area contributed by atoms with Gasteiger partial charge in [0.25, 0.3) is 0 Å². The molecule has 0 saturated carbocycles. The normalized spacial score (nSPS) is 15.7. The second-order valence-electron chi connectivity index (χ2n) is 5.28. The van der Waals surface area contributed by atoms with E-state index in [9.17, 15) is 9.59 Å². The first-order valence-electron chi connectivity index (χ1n) is 6.49. The summed E-state index contributed by atoms with van der Waals surface area (Å²) in [5.74, 6) is -1.09. The number of nitrogens with zero attached hydrogens (tertiary/aromatic N) is 1. The minimum atomic E-state index is -1.27. The average molecular weight is 277 g/mol. The van der Waals surface area contributed by atoms with Crippen molar-refractivity contribution in [3.8, 4) is 0 Å². The smallest absolute Gasteiger partial charge is 0.323 e. The number of esters is 2. The molecule has 0 spiro atoms. The number of ether oxygens (including phenoxy) is 2. The number of rotatable bonds is 2. The molecule has 0 fully saturated rings. The molecule has 0 bridgehead atoms. The number of aryl methyl sites for hydroxylation is 2. The van der Waals surface area contributed by atoms with Crippen molar-refractivity contribution in [3.63, 3.8) is 0 Å². The molecule has 1 aliphatic rings. The Morgan fingerprint density at radius 3 is 1.95 bits per heavy atom. The van der Waals surface area contributed by atoms with Crippen molar-refractivity contribution >= 4 is 11.9 Å². The van der Waals surface area contributed by atoms with Gasteiger partial charge in [0.2, 0.25) is 0 Å². The third kappa shape index (κ3) is 1.88. The van der Waals surface area contributed by atoms with E-state index < -0.39 is 17.4 Å². The molecule has 0 radical (unpaired) electrons. The van der Waals surface area contributed by atoms with E-state index in [0.29, 0.717) is 12.8 Å². The largest absolute Gasteiger partial charge is 0.468 e. The number of hydrogen-bond acceptors (Lipinski definition) is 5. The molecule has 0 aliphatic heterocycles. The second kappa shape index (κ2) is 4.89. The summed E-state index contributed by atoms with van der Waals surface area (Å²) >= 11 is 0. The highest BCUT2D eigenvalue weighted by atomic mass is 16.5. The monoisotopic (exact) mass is 277 g/mol. The maximum atomic E-state index is 12.2. The van der Waals surface area contributed by atoms with E-state index in [1.165, 1.54) is 14.2 Å². The summed E-state index contributed by atoms with van der Waals surface area (Å²) in [5, 5.41) is 0. The molecule has 5 nitrogen and oxygen atoms in total. The minimum Gasteiger partial charge on any atom is -0.468 e. The topological polar surface area (TPSA) is 65.5 Å². The van der Waals surface area contributed by atoms with Gasteiger partial charge in [0.1, 0.15) is 0 Å². The first-order chi connectivity index (χ1) is 9.37. The van der Waals surface area contributed by atoms with Gasteiger partial charge in [0, 0.05) is 24.2 Å². The fourth-order valence-electron chi connectivity index (χ4n) is 2.97. The Hall–Kier alpha value is -1.91. The van der Waals surface area contributed by atoms with Gasteiger partial charge in [-0.25, -0.2) is 0 Å². The van der Waals surface area contributed by atoms with Crippen LogP contribution in [0.5, 0.6) is 0 Å². The molecule has 5 heteroatoms. The molecule has 0 saturated heterocycles. The number of carbonyl (C=O) groups is 2. The van der Waals surface area contributed by atoms with Crippen LogP contribution in [0.25, 0.3) is 0 Å². The third-order valence-corrected chi connectivity index (χ3v) is 4.24. The van der Waals surface area contributed by atoms with Crippen LogP contribution in [0.2, 0.25) is 0 Å². The van der Waals surface area contributed by atoms with Gasteiger partial charge in [-0.1, -0.05) is 0 Å². The highest BCUT2D eigenvalue weighted by Gasteiger charge is 2.53. The molecule has 0 aromatic carbocycles. The van der Waals surface area contributed by atoms with Crippen molar-refractivity contribution in [3.05, 3.63) is 28.1 Å². The summed E-state index contributed by atoms with van der Waals surface area (Å²) < 4.78 is 9.68. The summed E-state index contributed by atoms with van der Waals surface area (Å²) in [4.78, 5) is 28.8. The summed E-state index contributed by atoms with van der Waals surface area (Å²) in [6, 6.07) is 0. The van der Waals surface area contributed by atoms with Gasteiger partial charge in [-0.15, -0.1) is 0 Å². The van der Waals surface area contributed by atoms with Crippen molar-refractivity contribution in [2.45, 2.75) is 33.6 Å². The highest BCUT2D eigenvalue weighted by molar-refractivity contribution is 6.01. The molecule has 0 N–H and O–H groups in total. The Morgan fingerprint density at radius 2 is 1.45 bits per heavy atom. The van der Waals surface area contributed by atoms with Crippen molar-refractivity contribution in [1.82, 2.24) is 4.98 Å². The van der Waals surface area contributed by atoms with Crippen LogP contribution in [-0.2, 0) is 31.9 Å². The Morgan fingerprint density at radius 1 is 0.950 bits per heavy atom. The molecule has 0 amide bonds. The van der Waals surface area contributed by atoms with Crippen LogP contribution >= 0.6 is 0 Å². The number of methoxy groups -OCH3 is 2. The van der Waals surface area contributed by atoms with E-state index in [2.05, 4.69) is 4.98 Å². The zero-order valence-electron chi connectivity index (χ0n) is 12.5. The molecule has 20 heavy (non-hydrogen) atoms. The number of fused-ring (bicyclic) bond motifs is 1. The molecule has 0 atom stereocenters. The number of carbonyl (C=O) groups excluding carboxylic acids is 2. The molecular formula is C15H19NO4. The fraction of sp³-hybridized carbons (Fsp3) is 0.533. The van der Waals surface area contributed by atoms with Gasteiger partial charge in [0.15, 0.2) is 5.41 Å². The lowest BCUT2D eigenvalue weighted by molar-refractivity contribution is -0.168. The first kappa shape index (κ1) is 14.5. The first-order valence-corrected chi connectivity index (χ1v) is 6.49. The third-order valence-electron chi connectivity index (χ3n) is 4.24. The van der Waals surface area contributed by atoms with E-state index in [1.807, 2.05) is 20.8 Å². The molecule has 1 aromatic rings. The van der Waals surface area contributed by atoms with Gasteiger partial charge in [0.05, 0.1) is 14.2 Å². The molecular weight excluding hydrogens is 258 g/mol. The lowest BCUT2D eigenvalue weighted by Crippen LogP contribution is -2.42. The lowest BCUT2D eigenvalue weighted by Gasteiger charge is -2.22. The zero-order valence-corrected chi connectivity index (χ0v) is 12.5.